The number of carbonyl (C=O) groups is 2. The Labute approximate surface area is 153 Å². The van der Waals surface area contributed by atoms with Crippen LogP contribution in [0, 0.1) is 13.8 Å². The van der Waals surface area contributed by atoms with E-state index in [0.29, 0.717) is 18.7 Å². The molecule has 10 heteroatoms. The topological polar surface area (TPSA) is 75.3 Å². The summed E-state index contributed by atoms with van der Waals surface area (Å²) in [5.41, 5.74) is 0.924. The predicted molar refractivity (Wildman–Crippen MR) is 88.3 cm³/mol. The molecule has 148 valence electrons. The third-order valence-electron chi connectivity index (χ3n) is 3.98. The SMILES string of the molecule is COCCn1c(C)cc(C(=O)COC(=O)Cn2ccc(C(F)(F)F)n2)c1C. The number of rotatable bonds is 8. The Morgan fingerprint density at radius 2 is 1.96 bits per heavy atom. The van der Waals surface area contributed by atoms with E-state index in [2.05, 4.69) is 5.10 Å². The number of halogens is 3. The number of carbonyl (C=O) groups excluding carboxylic acids is 2. The average molecular weight is 387 g/mol. The molecule has 0 atom stereocenters. The number of ether oxygens (including phenoxy) is 2. The Hall–Kier alpha value is -2.62. The van der Waals surface area contributed by atoms with E-state index in [1.54, 1.807) is 20.1 Å². The Morgan fingerprint density at radius 1 is 1.26 bits per heavy atom. The van der Waals surface area contributed by atoms with Crippen LogP contribution in [0.25, 0.3) is 0 Å². The summed E-state index contributed by atoms with van der Waals surface area (Å²) in [6.45, 7) is 3.68. The minimum atomic E-state index is -4.59. The average Bonchev–Trinajstić information content (AvgIpc) is 3.16. The molecule has 2 aromatic rings. The highest BCUT2D eigenvalue weighted by Gasteiger charge is 2.33. The quantitative estimate of drug-likeness (QED) is 0.514. The van der Waals surface area contributed by atoms with Gasteiger partial charge in [-0.05, 0) is 26.0 Å². The fourth-order valence-electron chi connectivity index (χ4n) is 2.61. The molecule has 0 aliphatic heterocycles. The van der Waals surface area contributed by atoms with E-state index in [9.17, 15) is 22.8 Å². The van der Waals surface area contributed by atoms with Crippen LogP contribution in [0.1, 0.15) is 27.4 Å². The third-order valence-corrected chi connectivity index (χ3v) is 3.98. The molecular formula is C17H20F3N3O4. The van der Waals surface area contributed by atoms with Crippen molar-refractivity contribution in [3.63, 3.8) is 0 Å². The molecule has 0 aromatic carbocycles. The van der Waals surface area contributed by atoms with Crippen LogP contribution in [-0.4, -0.2) is 46.4 Å². The Morgan fingerprint density at radius 3 is 2.56 bits per heavy atom. The second-order valence-corrected chi connectivity index (χ2v) is 5.91. The molecule has 7 nitrogen and oxygen atoms in total. The fourth-order valence-corrected chi connectivity index (χ4v) is 2.61. The number of alkyl halides is 3. The molecule has 0 bridgehead atoms. The maximum absolute atomic E-state index is 12.5. The van der Waals surface area contributed by atoms with Crippen LogP contribution in [0.4, 0.5) is 13.2 Å². The number of hydrogen-bond acceptors (Lipinski definition) is 5. The van der Waals surface area contributed by atoms with Gasteiger partial charge in [-0.15, -0.1) is 0 Å². The number of aromatic nitrogens is 3. The van der Waals surface area contributed by atoms with Crippen molar-refractivity contribution in [2.75, 3.05) is 20.3 Å². The maximum Gasteiger partial charge on any atom is 0.435 e. The van der Waals surface area contributed by atoms with Crippen molar-refractivity contribution < 1.29 is 32.2 Å². The van der Waals surface area contributed by atoms with Gasteiger partial charge in [0.1, 0.15) is 6.54 Å². The third kappa shape index (κ3) is 5.19. The maximum atomic E-state index is 12.5. The molecule has 0 aliphatic carbocycles. The summed E-state index contributed by atoms with van der Waals surface area (Å²) in [6, 6.07) is 2.46. The summed E-state index contributed by atoms with van der Waals surface area (Å²) in [7, 11) is 1.58. The number of ketones is 1. The van der Waals surface area contributed by atoms with Gasteiger partial charge < -0.3 is 14.0 Å². The van der Waals surface area contributed by atoms with E-state index in [4.69, 9.17) is 9.47 Å². The van der Waals surface area contributed by atoms with Crippen molar-refractivity contribution in [2.24, 2.45) is 0 Å². The number of hydrogen-bond donors (Lipinski definition) is 0. The molecule has 0 spiro atoms. The first kappa shape index (κ1) is 20.7. The van der Waals surface area contributed by atoms with Crippen molar-refractivity contribution in [3.8, 4) is 0 Å². The molecule has 0 radical (unpaired) electrons. The standard InChI is InChI=1S/C17H20F3N3O4/c1-11-8-13(12(2)23(11)6-7-26-3)14(24)10-27-16(25)9-22-5-4-15(21-22)17(18,19)20/h4-5,8H,6-7,9-10H2,1-3H3. The summed E-state index contributed by atoms with van der Waals surface area (Å²) in [6.07, 6.45) is -3.56. The molecule has 0 saturated heterocycles. The first-order chi connectivity index (χ1) is 12.6. The van der Waals surface area contributed by atoms with E-state index >= 15 is 0 Å². The van der Waals surface area contributed by atoms with Gasteiger partial charge in [0.25, 0.3) is 0 Å². The van der Waals surface area contributed by atoms with Gasteiger partial charge in [0.15, 0.2) is 12.3 Å². The molecule has 27 heavy (non-hydrogen) atoms. The van der Waals surface area contributed by atoms with Gasteiger partial charge in [0.05, 0.1) is 6.61 Å². The molecule has 0 unspecified atom stereocenters. The van der Waals surface area contributed by atoms with Crippen LogP contribution in [0.5, 0.6) is 0 Å². The summed E-state index contributed by atoms with van der Waals surface area (Å²) < 4.78 is 50.1. The molecular weight excluding hydrogens is 367 g/mol. The number of Topliss-reactive ketones (excluding diaryl/α,β-unsaturated/α-hetero) is 1. The molecule has 0 amide bonds. The van der Waals surface area contributed by atoms with Crippen LogP contribution in [0.2, 0.25) is 0 Å². The highest BCUT2D eigenvalue weighted by atomic mass is 19.4. The molecule has 0 fully saturated rings. The summed E-state index contributed by atoms with van der Waals surface area (Å²) >= 11 is 0. The van der Waals surface area contributed by atoms with Gasteiger partial charge in [-0.25, -0.2) is 0 Å². The summed E-state index contributed by atoms with van der Waals surface area (Å²) in [5, 5.41) is 3.26. The van der Waals surface area contributed by atoms with Gasteiger partial charge in [-0.2, -0.15) is 18.3 Å². The minimum absolute atomic E-state index is 0.392. The molecule has 0 saturated carbocycles. The van der Waals surface area contributed by atoms with E-state index in [-0.39, 0.29) is 0 Å². The molecule has 0 N–H and O–H groups in total. The normalized spacial score (nSPS) is 11.6. The van der Waals surface area contributed by atoms with Gasteiger partial charge in [-0.3, -0.25) is 14.3 Å². The molecule has 0 aliphatic rings. The van der Waals surface area contributed by atoms with Crippen molar-refractivity contribution in [2.45, 2.75) is 33.1 Å². The van der Waals surface area contributed by atoms with E-state index in [1.807, 2.05) is 11.5 Å². The molecule has 2 heterocycles. The van der Waals surface area contributed by atoms with Crippen molar-refractivity contribution in [1.29, 1.82) is 0 Å². The first-order valence-electron chi connectivity index (χ1n) is 8.08. The van der Waals surface area contributed by atoms with Crippen molar-refractivity contribution in [3.05, 3.63) is 41.0 Å². The fraction of sp³-hybridized carbons (Fsp3) is 0.471. The van der Waals surface area contributed by atoms with Crippen LogP contribution in [-0.2, 0) is 33.5 Å². The molecule has 2 rings (SSSR count). The molecule has 2 aromatic heterocycles. The minimum Gasteiger partial charge on any atom is -0.456 e. The zero-order chi connectivity index (χ0) is 20.2. The lowest BCUT2D eigenvalue weighted by molar-refractivity contribution is -0.145. The number of esters is 1. The van der Waals surface area contributed by atoms with Crippen molar-refractivity contribution in [1.82, 2.24) is 14.3 Å². The first-order valence-corrected chi connectivity index (χ1v) is 8.08. The second kappa shape index (κ2) is 8.38. The zero-order valence-electron chi connectivity index (χ0n) is 15.2. The Balaban J connectivity index is 1.93. The highest BCUT2D eigenvalue weighted by Crippen LogP contribution is 2.27. The number of aryl methyl sites for hydroxylation is 1. The zero-order valence-corrected chi connectivity index (χ0v) is 15.2. The van der Waals surface area contributed by atoms with Gasteiger partial charge in [0, 0.05) is 36.8 Å². The lowest BCUT2D eigenvalue weighted by Gasteiger charge is -2.09. The highest BCUT2D eigenvalue weighted by molar-refractivity contribution is 5.99. The van der Waals surface area contributed by atoms with E-state index in [1.165, 1.54) is 0 Å². The predicted octanol–water partition coefficient (Wildman–Crippen LogP) is 2.39. The monoisotopic (exact) mass is 387 g/mol. The van der Waals surface area contributed by atoms with Crippen LogP contribution in [0.3, 0.4) is 0 Å². The Bertz CT molecular complexity index is 824. The van der Waals surface area contributed by atoms with Crippen LogP contribution in [0.15, 0.2) is 18.3 Å². The summed E-state index contributed by atoms with van der Waals surface area (Å²) in [4.78, 5) is 24.1. The van der Waals surface area contributed by atoms with Crippen LogP contribution < -0.4 is 0 Å². The van der Waals surface area contributed by atoms with Gasteiger partial charge in [-0.1, -0.05) is 0 Å². The summed E-state index contributed by atoms with van der Waals surface area (Å²) in [5.74, 6) is -1.25. The van der Waals surface area contributed by atoms with Crippen LogP contribution >= 0.6 is 0 Å². The number of nitrogens with zero attached hydrogens (tertiary/aromatic N) is 3. The largest absolute Gasteiger partial charge is 0.456 e. The number of methoxy groups -OCH3 is 1. The van der Waals surface area contributed by atoms with Gasteiger partial charge >= 0.3 is 12.1 Å². The second-order valence-electron chi connectivity index (χ2n) is 5.91. The lowest BCUT2D eigenvalue weighted by atomic mass is 10.1. The lowest BCUT2D eigenvalue weighted by Crippen LogP contribution is -2.19. The smallest absolute Gasteiger partial charge is 0.435 e. The van der Waals surface area contributed by atoms with Crippen molar-refractivity contribution >= 4 is 11.8 Å². The van der Waals surface area contributed by atoms with E-state index in [0.717, 1.165) is 28.3 Å². The van der Waals surface area contributed by atoms with E-state index < -0.39 is 36.8 Å². The van der Waals surface area contributed by atoms with Gasteiger partial charge in [0.2, 0.25) is 5.78 Å². The Kier molecular flexibility index (Phi) is 6.42.